The summed E-state index contributed by atoms with van der Waals surface area (Å²) in [4.78, 5) is 23.0. The number of methoxy groups -OCH3 is 1. The minimum atomic E-state index is -0.534. The number of hydrogen-bond acceptors (Lipinski definition) is 8. The van der Waals surface area contributed by atoms with Crippen LogP contribution in [0.25, 0.3) is 11.4 Å². The minimum absolute atomic E-state index is 0.0248. The summed E-state index contributed by atoms with van der Waals surface area (Å²) < 4.78 is 12.5. The summed E-state index contributed by atoms with van der Waals surface area (Å²) in [5.41, 5.74) is 1.01. The van der Waals surface area contributed by atoms with Crippen LogP contribution < -0.4 is 10.1 Å². The lowest BCUT2D eigenvalue weighted by Gasteiger charge is -2.11. The number of non-ortho nitro benzene ring substituents is 1. The first kappa shape index (κ1) is 23.3. The number of nitrogens with zero attached hydrogens (tertiary/aromatic N) is 4. The number of halogens is 1. The van der Waals surface area contributed by atoms with E-state index in [2.05, 4.69) is 15.5 Å². The number of nitrogens with one attached hydrogen (secondary N) is 1. The van der Waals surface area contributed by atoms with Gasteiger partial charge in [-0.15, -0.1) is 10.2 Å². The Kier molecular flexibility index (Phi) is 7.14. The molecule has 4 aromatic rings. The number of ether oxygens (including phenoxy) is 1. The molecule has 1 amide bonds. The first-order chi connectivity index (χ1) is 16.4. The summed E-state index contributed by atoms with van der Waals surface area (Å²) in [6.07, 6.45) is 1.58. The standard InChI is InChI=1S/C22H18ClN5O5S/c1-32-19-11-16(28(30)31)8-9-18(19)24-20(29)13-34-22-26-25-21(14-4-6-15(23)7-5-14)27(22)12-17-3-2-10-33-17/h2-11H,12-13H2,1H3,(H,24,29). The number of anilines is 1. The maximum absolute atomic E-state index is 12.6. The summed E-state index contributed by atoms with van der Waals surface area (Å²) in [5, 5.41) is 23.4. The maximum atomic E-state index is 12.6. The van der Waals surface area contributed by atoms with Crippen LogP contribution in [0.15, 0.2) is 70.4 Å². The van der Waals surface area contributed by atoms with E-state index in [1.807, 2.05) is 22.8 Å². The Hall–Kier alpha value is -3.83. The van der Waals surface area contributed by atoms with Crippen LogP contribution in [0.2, 0.25) is 5.02 Å². The highest BCUT2D eigenvalue weighted by Gasteiger charge is 2.18. The molecule has 2 heterocycles. The molecule has 0 saturated heterocycles. The number of furan rings is 1. The second kappa shape index (κ2) is 10.4. The summed E-state index contributed by atoms with van der Waals surface area (Å²) in [5.74, 6) is 1.19. The zero-order valence-corrected chi connectivity index (χ0v) is 19.4. The number of hydrogen-bond donors (Lipinski definition) is 1. The Morgan fingerprint density at radius 3 is 2.71 bits per heavy atom. The van der Waals surface area contributed by atoms with Gasteiger partial charge in [-0.2, -0.15) is 0 Å². The highest BCUT2D eigenvalue weighted by molar-refractivity contribution is 7.99. The van der Waals surface area contributed by atoms with Crippen LogP contribution in [0.1, 0.15) is 5.76 Å². The number of carbonyl (C=O) groups is 1. The lowest BCUT2D eigenvalue weighted by Crippen LogP contribution is -2.15. The molecule has 0 saturated carbocycles. The van der Waals surface area contributed by atoms with Crippen molar-refractivity contribution in [3.63, 3.8) is 0 Å². The van der Waals surface area contributed by atoms with E-state index in [0.717, 1.165) is 5.56 Å². The van der Waals surface area contributed by atoms with Crippen LogP contribution in [-0.2, 0) is 11.3 Å². The molecule has 0 bridgehead atoms. The van der Waals surface area contributed by atoms with Gasteiger partial charge in [0.1, 0.15) is 11.5 Å². The lowest BCUT2D eigenvalue weighted by molar-refractivity contribution is -0.384. The van der Waals surface area contributed by atoms with Crippen molar-refractivity contribution >= 4 is 40.6 Å². The average molecular weight is 500 g/mol. The normalized spacial score (nSPS) is 10.8. The Balaban J connectivity index is 1.52. The lowest BCUT2D eigenvalue weighted by atomic mass is 10.2. The molecule has 2 aromatic heterocycles. The highest BCUT2D eigenvalue weighted by Crippen LogP contribution is 2.30. The summed E-state index contributed by atoms with van der Waals surface area (Å²) in [7, 11) is 1.37. The number of carbonyl (C=O) groups excluding carboxylic acids is 1. The summed E-state index contributed by atoms with van der Waals surface area (Å²) in [6.45, 7) is 0.373. The van der Waals surface area contributed by atoms with Gasteiger partial charge < -0.3 is 14.5 Å². The van der Waals surface area contributed by atoms with E-state index >= 15 is 0 Å². The van der Waals surface area contributed by atoms with Gasteiger partial charge in [0.2, 0.25) is 5.91 Å². The van der Waals surface area contributed by atoms with Gasteiger partial charge in [-0.25, -0.2) is 0 Å². The van der Waals surface area contributed by atoms with Crippen molar-refractivity contribution in [2.75, 3.05) is 18.2 Å². The van der Waals surface area contributed by atoms with Crippen LogP contribution in [0.4, 0.5) is 11.4 Å². The van der Waals surface area contributed by atoms with Crippen molar-refractivity contribution < 1.29 is 18.9 Å². The van der Waals surface area contributed by atoms with Crippen LogP contribution in [0.3, 0.4) is 0 Å². The molecule has 0 radical (unpaired) electrons. The zero-order chi connectivity index (χ0) is 24.1. The molecule has 34 heavy (non-hydrogen) atoms. The first-order valence-electron chi connectivity index (χ1n) is 9.91. The molecule has 0 fully saturated rings. The number of amides is 1. The largest absolute Gasteiger partial charge is 0.494 e. The smallest absolute Gasteiger partial charge is 0.273 e. The molecule has 0 aliphatic heterocycles. The molecule has 12 heteroatoms. The van der Waals surface area contributed by atoms with E-state index in [1.54, 1.807) is 24.5 Å². The fourth-order valence-electron chi connectivity index (χ4n) is 3.12. The highest BCUT2D eigenvalue weighted by atomic mass is 35.5. The van der Waals surface area contributed by atoms with E-state index in [-0.39, 0.29) is 23.1 Å². The second-order valence-corrected chi connectivity index (χ2v) is 8.34. The number of rotatable bonds is 9. The van der Waals surface area contributed by atoms with E-state index in [4.69, 9.17) is 20.8 Å². The van der Waals surface area contributed by atoms with Crippen LogP contribution >= 0.6 is 23.4 Å². The van der Waals surface area contributed by atoms with Gasteiger partial charge in [0.15, 0.2) is 11.0 Å². The predicted molar refractivity (Wildman–Crippen MR) is 127 cm³/mol. The molecule has 1 N–H and O–H groups in total. The van der Waals surface area contributed by atoms with Crippen LogP contribution in [0.5, 0.6) is 5.75 Å². The number of nitro groups is 1. The van der Waals surface area contributed by atoms with Crippen molar-refractivity contribution in [1.82, 2.24) is 14.8 Å². The van der Waals surface area contributed by atoms with Crippen LogP contribution in [-0.4, -0.2) is 38.5 Å². The van der Waals surface area contributed by atoms with E-state index < -0.39 is 4.92 Å². The molecule has 0 atom stereocenters. The van der Waals surface area contributed by atoms with Gasteiger partial charge >= 0.3 is 0 Å². The maximum Gasteiger partial charge on any atom is 0.273 e. The molecule has 174 valence electrons. The molecule has 0 spiro atoms. The third kappa shape index (κ3) is 5.38. The van der Waals surface area contributed by atoms with Gasteiger partial charge in [0.25, 0.3) is 5.69 Å². The average Bonchev–Trinajstić information content (AvgIpc) is 3.49. The number of benzene rings is 2. The van der Waals surface area contributed by atoms with E-state index in [1.165, 1.54) is 37.1 Å². The topological polar surface area (TPSA) is 125 Å². The van der Waals surface area contributed by atoms with E-state index in [9.17, 15) is 14.9 Å². The van der Waals surface area contributed by atoms with Gasteiger partial charge in [-0.1, -0.05) is 23.4 Å². The molecule has 0 aliphatic rings. The van der Waals surface area contributed by atoms with Crippen molar-refractivity contribution in [1.29, 1.82) is 0 Å². The van der Waals surface area contributed by atoms with Gasteiger partial charge in [-0.05, 0) is 42.5 Å². The van der Waals surface area contributed by atoms with Gasteiger partial charge in [-0.3, -0.25) is 19.5 Å². The molecule has 0 aliphatic carbocycles. The minimum Gasteiger partial charge on any atom is -0.494 e. The Labute approximate surface area is 203 Å². The molecule has 10 nitrogen and oxygen atoms in total. The Morgan fingerprint density at radius 1 is 1.24 bits per heavy atom. The molecular weight excluding hydrogens is 482 g/mol. The zero-order valence-electron chi connectivity index (χ0n) is 17.8. The number of thioether (sulfide) groups is 1. The van der Waals surface area contributed by atoms with Crippen molar-refractivity contribution in [2.45, 2.75) is 11.7 Å². The van der Waals surface area contributed by atoms with Gasteiger partial charge in [0.05, 0.1) is 42.3 Å². The number of nitro benzene ring substituents is 1. The Morgan fingerprint density at radius 2 is 2.03 bits per heavy atom. The number of aromatic nitrogens is 3. The van der Waals surface area contributed by atoms with Crippen molar-refractivity contribution in [2.24, 2.45) is 0 Å². The van der Waals surface area contributed by atoms with Crippen LogP contribution in [0, 0.1) is 10.1 Å². The van der Waals surface area contributed by atoms with Crippen molar-refractivity contribution in [3.05, 3.63) is 81.8 Å². The van der Waals surface area contributed by atoms with Gasteiger partial charge in [0, 0.05) is 16.7 Å². The first-order valence-corrected chi connectivity index (χ1v) is 11.3. The quantitative estimate of drug-likeness (QED) is 0.196. The summed E-state index contributed by atoms with van der Waals surface area (Å²) in [6, 6.07) is 14.8. The molecule has 4 rings (SSSR count). The SMILES string of the molecule is COc1cc([N+](=O)[O-])ccc1NC(=O)CSc1nnc(-c2ccc(Cl)cc2)n1Cc1ccco1. The predicted octanol–water partition coefficient (Wildman–Crippen LogP) is 4.89. The monoisotopic (exact) mass is 499 g/mol. The Bertz CT molecular complexity index is 1310. The van der Waals surface area contributed by atoms with E-state index in [0.29, 0.717) is 34.0 Å². The molecule has 2 aromatic carbocycles. The molecule has 0 unspecified atom stereocenters. The third-order valence-electron chi connectivity index (χ3n) is 4.72. The molecular formula is C22H18ClN5O5S. The fraction of sp³-hybridized carbons (Fsp3) is 0.136. The van der Waals surface area contributed by atoms with Crippen molar-refractivity contribution in [3.8, 4) is 17.1 Å². The fourth-order valence-corrected chi connectivity index (χ4v) is 3.99. The third-order valence-corrected chi connectivity index (χ3v) is 5.93. The summed E-state index contributed by atoms with van der Waals surface area (Å²) >= 11 is 7.20. The second-order valence-electron chi connectivity index (χ2n) is 6.96.